The van der Waals surface area contributed by atoms with E-state index in [2.05, 4.69) is 0 Å². The van der Waals surface area contributed by atoms with Gasteiger partial charge in [0.05, 0.1) is 5.56 Å². The van der Waals surface area contributed by atoms with Crippen molar-refractivity contribution in [3.63, 3.8) is 0 Å². The van der Waals surface area contributed by atoms with E-state index in [0.29, 0.717) is 32.7 Å². The number of carbonyl (C=O) groups excluding carboxylic acids is 2. The van der Waals surface area contributed by atoms with Gasteiger partial charge in [-0.2, -0.15) is 11.3 Å². The fraction of sp³-hybridized carbons (Fsp3) is 0.538. The Morgan fingerprint density at radius 2 is 1.95 bits per heavy atom. The molecule has 1 atom stereocenters. The third-order valence-corrected chi connectivity index (χ3v) is 4.11. The van der Waals surface area contributed by atoms with Crippen LogP contribution in [0.15, 0.2) is 16.8 Å². The molecule has 2 rings (SSSR count). The number of hydrogen-bond donors (Lipinski definition) is 1. The summed E-state index contributed by atoms with van der Waals surface area (Å²) in [6.07, 6.45) is 0. The van der Waals surface area contributed by atoms with Crippen LogP contribution < -0.4 is 5.73 Å². The molecule has 1 unspecified atom stereocenters. The summed E-state index contributed by atoms with van der Waals surface area (Å²) < 4.78 is 0. The van der Waals surface area contributed by atoms with Crippen LogP contribution in [0.2, 0.25) is 0 Å². The van der Waals surface area contributed by atoms with Gasteiger partial charge >= 0.3 is 0 Å². The number of piperazine rings is 1. The first-order chi connectivity index (χ1) is 9.13. The van der Waals surface area contributed by atoms with E-state index in [4.69, 9.17) is 5.73 Å². The Bertz CT molecular complexity index is 439. The lowest BCUT2D eigenvalue weighted by atomic mass is 10.1. The molecule has 2 amide bonds. The van der Waals surface area contributed by atoms with Gasteiger partial charge in [-0.3, -0.25) is 9.59 Å². The highest BCUT2D eigenvalue weighted by Crippen LogP contribution is 2.13. The van der Waals surface area contributed by atoms with Gasteiger partial charge in [0.1, 0.15) is 0 Å². The first-order valence-corrected chi connectivity index (χ1v) is 7.38. The molecule has 6 heteroatoms. The predicted molar refractivity (Wildman–Crippen MR) is 75.0 cm³/mol. The summed E-state index contributed by atoms with van der Waals surface area (Å²) in [5.74, 6) is 0.00415. The maximum atomic E-state index is 12.1. The maximum Gasteiger partial charge on any atom is 0.254 e. The van der Waals surface area contributed by atoms with E-state index in [1.807, 2.05) is 23.8 Å². The highest BCUT2D eigenvalue weighted by atomic mass is 32.1. The third kappa shape index (κ3) is 3.13. The van der Waals surface area contributed by atoms with Gasteiger partial charge in [0.2, 0.25) is 5.91 Å². The van der Waals surface area contributed by atoms with Crippen LogP contribution in [-0.4, -0.2) is 54.3 Å². The van der Waals surface area contributed by atoms with Gasteiger partial charge < -0.3 is 15.5 Å². The molecule has 1 aliphatic rings. The molecule has 1 aliphatic heterocycles. The van der Waals surface area contributed by atoms with Crippen LogP contribution in [0, 0.1) is 5.92 Å². The Morgan fingerprint density at radius 1 is 1.32 bits per heavy atom. The predicted octanol–water partition coefficient (Wildman–Crippen LogP) is 0.627. The van der Waals surface area contributed by atoms with Crippen LogP contribution in [0.4, 0.5) is 0 Å². The zero-order valence-electron chi connectivity index (χ0n) is 11.0. The lowest BCUT2D eigenvalue weighted by Gasteiger charge is -2.35. The number of nitrogens with zero attached hydrogens (tertiary/aromatic N) is 2. The Labute approximate surface area is 117 Å². The van der Waals surface area contributed by atoms with Crippen LogP contribution in [0.25, 0.3) is 0 Å². The van der Waals surface area contributed by atoms with Crippen molar-refractivity contribution >= 4 is 23.2 Å². The second-order valence-corrected chi connectivity index (χ2v) is 5.55. The lowest BCUT2D eigenvalue weighted by molar-refractivity contribution is -0.136. The molecule has 0 spiro atoms. The van der Waals surface area contributed by atoms with Gasteiger partial charge in [0.15, 0.2) is 0 Å². The number of carbonyl (C=O) groups is 2. The van der Waals surface area contributed by atoms with Crippen molar-refractivity contribution in [1.82, 2.24) is 9.80 Å². The Balaban J connectivity index is 1.89. The second-order valence-electron chi connectivity index (χ2n) is 4.77. The molecule has 0 bridgehead atoms. The molecule has 2 N–H and O–H groups in total. The largest absolute Gasteiger partial charge is 0.339 e. The van der Waals surface area contributed by atoms with Crippen molar-refractivity contribution in [2.24, 2.45) is 11.7 Å². The number of hydrogen-bond acceptors (Lipinski definition) is 4. The molecule has 5 nitrogen and oxygen atoms in total. The molecule has 2 heterocycles. The minimum absolute atomic E-state index is 0.0558. The average Bonchev–Trinajstić information content (AvgIpc) is 2.99. The monoisotopic (exact) mass is 281 g/mol. The molecule has 0 radical (unpaired) electrons. The number of nitrogens with two attached hydrogens (primary N) is 1. The topological polar surface area (TPSA) is 66.6 Å². The summed E-state index contributed by atoms with van der Waals surface area (Å²) in [5.41, 5.74) is 6.24. The van der Waals surface area contributed by atoms with Gasteiger partial charge in [0.25, 0.3) is 5.91 Å². The first-order valence-electron chi connectivity index (χ1n) is 6.43. The number of rotatable bonds is 3. The Morgan fingerprint density at radius 3 is 2.47 bits per heavy atom. The molecule has 104 valence electrons. The highest BCUT2D eigenvalue weighted by Gasteiger charge is 2.26. The molecule has 1 fully saturated rings. The minimum atomic E-state index is -0.140. The molecule has 0 aliphatic carbocycles. The number of thiophene rings is 1. The molecular formula is C13H19N3O2S. The summed E-state index contributed by atoms with van der Waals surface area (Å²) in [7, 11) is 0. The quantitative estimate of drug-likeness (QED) is 0.883. The van der Waals surface area contributed by atoms with Crippen LogP contribution in [-0.2, 0) is 4.79 Å². The molecule has 1 aromatic heterocycles. The second kappa shape index (κ2) is 6.16. The SMILES string of the molecule is CC(CN)C(=O)N1CCN(C(=O)c2ccsc2)CC1. The van der Waals surface area contributed by atoms with E-state index in [1.54, 1.807) is 9.80 Å². The van der Waals surface area contributed by atoms with Crippen molar-refractivity contribution in [3.8, 4) is 0 Å². The normalized spacial score (nSPS) is 17.4. The van der Waals surface area contributed by atoms with Crippen LogP contribution in [0.5, 0.6) is 0 Å². The molecular weight excluding hydrogens is 262 g/mol. The zero-order valence-corrected chi connectivity index (χ0v) is 11.9. The van der Waals surface area contributed by atoms with Gasteiger partial charge in [-0.25, -0.2) is 0 Å². The van der Waals surface area contributed by atoms with Crippen molar-refractivity contribution in [2.45, 2.75) is 6.92 Å². The Kier molecular flexibility index (Phi) is 4.55. The molecule has 0 aromatic carbocycles. The van der Waals surface area contributed by atoms with Crippen molar-refractivity contribution in [3.05, 3.63) is 22.4 Å². The molecule has 1 saturated heterocycles. The average molecular weight is 281 g/mol. The standard InChI is InChI=1S/C13H19N3O2S/c1-10(8-14)12(17)15-3-5-16(6-4-15)13(18)11-2-7-19-9-11/h2,7,9-10H,3-6,8,14H2,1H3. The third-order valence-electron chi connectivity index (χ3n) is 3.42. The van der Waals surface area contributed by atoms with Crippen molar-refractivity contribution < 1.29 is 9.59 Å². The van der Waals surface area contributed by atoms with Crippen molar-refractivity contribution in [2.75, 3.05) is 32.7 Å². The van der Waals surface area contributed by atoms with Gasteiger partial charge in [-0.1, -0.05) is 6.92 Å². The fourth-order valence-corrected chi connectivity index (χ4v) is 2.74. The van der Waals surface area contributed by atoms with Crippen molar-refractivity contribution in [1.29, 1.82) is 0 Å². The maximum absolute atomic E-state index is 12.1. The van der Waals surface area contributed by atoms with E-state index >= 15 is 0 Å². The van der Waals surface area contributed by atoms with Gasteiger partial charge in [-0.05, 0) is 11.4 Å². The summed E-state index contributed by atoms with van der Waals surface area (Å²) in [5, 5.41) is 3.76. The summed E-state index contributed by atoms with van der Waals surface area (Å²) >= 11 is 1.52. The van der Waals surface area contributed by atoms with Crippen LogP contribution in [0.1, 0.15) is 17.3 Å². The summed E-state index contributed by atoms with van der Waals surface area (Å²) in [6.45, 7) is 4.59. The van der Waals surface area contributed by atoms with Gasteiger partial charge in [0, 0.05) is 44.0 Å². The highest BCUT2D eigenvalue weighted by molar-refractivity contribution is 7.08. The molecule has 1 aromatic rings. The summed E-state index contributed by atoms with van der Waals surface area (Å²) in [4.78, 5) is 27.7. The smallest absolute Gasteiger partial charge is 0.254 e. The van der Waals surface area contributed by atoms with Gasteiger partial charge in [-0.15, -0.1) is 0 Å². The first kappa shape index (κ1) is 14.0. The van der Waals surface area contributed by atoms with E-state index in [-0.39, 0.29) is 17.7 Å². The lowest BCUT2D eigenvalue weighted by Crippen LogP contribution is -2.52. The van der Waals surface area contributed by atoms with Crippen LogP contribution >= 0.6 is 11.3 Å². The minimum Gasteiger partial charge on any atom is -0.339 e. The molecule has 19 heavy (non-hydrogen) atoms. The van der Waals surface area contributed by atoms with E-state index in [1.165, 1.54) is 11.3 Å². The summed E-state index contributed by atoms with van der Waals surface area (Å²) in [6, 6.07) is 1.83. The van der Waals surface area contributed by atoms with E-state index in [9.17, 15) is 9.59 Å². The fourth-order valence-electron chi connectivity index (χ4n) is 2.11. The molecule has 0 saturated carbocycles. The van der Waals surface area contributed by atoms with Crippen LogP contribution in [0.3, 0.4) is 0 Å². The van der Waals surface area contributed by atoms with E-state index in [0.717, 1.165) is 5.56 Å². The zero-order chi connectivity index (χ0) is 13.8. The van der Waals surface area contributed by atoms with E-state index < -0.39 is 0 Å². The Hall–Kier alpha value is -1.40. The number of amides is 2.